The molecule has 2 saturated carbocycles. The van der Waals surface area contributed by atoms with Gasteiger partial charge in [-0.3, -0.25) is 18.6 Å². The molecule has 2 aromatic rings. The number of fused-ring (bicyclic) bond motifs is 5. The normalized spacial score (nSPS) is 23.0. The molecule has 0 aromatic heterocycles. The lowest BCUT2D eigenvalue weighted by molar-refractivity contribution is -0.140. The zero-order valence-corrected chi connectivity index (χ0v) is 35.8. The highest BCUT2D eigenvalue weighted by Crippen LogP contribution is 2.62. The number of phenols is 1. The van der Waals surface area contributed by atoms with Crippen LogP contribution < -0.4 is 26.0 Å². The zero-order chi connectivity index (χ0) is 42.5. The molecule has 3 aliphatic carbocycles. The largest absolute Gasteiger partial charge is 0.531 e. The highest BCUT2D eigenvalue weighted by molar-refractivity contribution is 7.49. The van der Waals surface area contributed by atoms with E-state index in [-0.39, 0.29) is 55.1 Å². The molecule has 15 nitrogen and oxygen atoms in total. The molecular formula is C42H62N3O12P. The summed E-state index contributed by atoms with van der Waals surface area (Å²) < 4.78 is 53.7. The van der Waals surface area contributed by atoms with Crippen molar-refractivity contribution < 1.29 is 56.6 Å². The van der Waals surface area contributed by atoms with E-state index in [0.717, 1.165) is 38.5 Å². The minimum absolute atomic E-state index is 0.0532. The second-order valence-corrected chi connectivity index (χ2v) is 19.1. The van der Waals surface area contributed by atoms with Crippen LogP contribution in [0.3, 0.4) is 0 Å². The van der Waals surface area contributed by atoms with Crippen LogP contribution in [0.5, 0.6) is 17.2 Å². The molecule has 0 aliphatic heterocycles. The Kier molecular flexibility index (Phi) is 14.6. The van der Waals surface area contributed by atoms with E-state index < -0.39 is 48.8 Å². The Labute approximate surface area is 341 Å². The fourth-order valence-corrected chi connectivity index (χ4v) is 10.6. The minimum Gasteiger partial charge on any atom is -0.505 e. The van der Waals surface area contributed by atoms with Gasteiger partial charge in [-0.15, -0.1) is 0 Å². The molecule has 2 fully saturated rings. The number of nitrogens with one attached hydrogen (secondary N) is 1. The van der Waals surface area contributed by atoms with Crippen molar-refractivity contribution >= 4 is 31.3 Å². The molecule has 322 valence electrons. The van der Waals surface area contributed by atoms with Gasteiger partial charge in [-0.2, -0.15) is 0 Å². The number of carbonyl (C=O) groups is 3. The van der Waals surface area contributed by atoms with Gasteiger partial charge in [0.25, 0.3) is 5.91 Å². The highest BCUT2D eigenvalue weighted by Gasteiger charge is 2.55. The van der Waals surface area contributed by atoms with Crippen LogP contribution in [0.4, 0.5) is 5.69 Å². The number of amides is 2. The lowest BCUT2D eigenvalue weighted by Crippen LogP contribution is -2.45. The number of nitrogen functional groups attached to an aromatic ring is 1. The van der Waals surface area contributed by atoms with Crippen LogP contribution in [0.25, 0.3) is 0 Å². The first-order valence-electron chi connectivity index (χ1n) is 20.2. The summed E-state index contributed by atoms with van der Waals surface area (Å²) in [7, 11) is -3.90. The number of benzene rings is 2. The van der Waals surface area contributed by atoms with Crippen molar-refractivity contribution in [1.29, 1.82) is 0 Å². The number of rotatable bonds is 18. The van der Waals surface area contributed by atoms with Crippen molar-refractivity contribution in [3.8, 4) is 17.2 Å². The van der Waals surface area contributed by atoms with Gasteiger partial charge in [-0.25, -0.2) is 9.36 Å². The summed E-state index contributed by atoms with van der Waals surface area (Å²) in [5.74, 6) is -0.676. The van der Waals surface area contributed by atoms with E-state index in [2.05, 4.69) is 18.3 Å². The van der Waals surface area contributed by atoms with Crippen LogP contribution in [0.2, 0.25) is 0 Å². The maximum absolute atomic E-state index is 13.8. The summed E-state index contributed by atoms with van der Waals surface area (Å²) in [6.45, 7) is 14.1. The molecule has 5 rings (SSSR count). The fourth-order valence-electron chi connectivity index (χ4n) is 8.78. The summed E-state index contributed by atoms with van der Waals surface area (Å²) in [6.07, 6.45) is 6.54. The second-order valence-electron chi connectivity index (χ2n) is 17.7. The molecule has 3 aliphatic rings. The van der Waals surface area contributed by atoms with Crippen molar-refractivity contribution in [3.63, 3.8) is 0 Å². The average molecular weight is 832 g/mol. The summed E-state index contributed by atoms with van der Waals surface area (Å²) in [4.78, 5) is 36.3. The third-order valence-electron chi connectivity index (χ3n) is 11.0. The lowest BCUT2D eigenvalue weighted by atomic mass is 9.55. The van der Waals surface area contributed by atoms with Gasteiger partial charge < -0.3 is 45.4 Å². The van der Waals surface area contributed by atoms with Crippen molar-refractivity contribution in [2.24, 2.45) is 23.0 Å². The van der Waals surface area contributed by atoms with E-state index in [1.807, 2.05) is 53.7 Å². The van der Waals surface area contributed by atoms with Crippen molar-refractivity contribution in [3.05, 3.63) is 47.0 Å². The number of ether oxygens (including phenoxy) is 4. The Morgan fingerprint density at radius 1 is 0.931 bits per heavy atom. The number of aromatic hydroxyl groups is 1. The summed E-state index contributed by atoms with van der Waals surface area (Å²) in [5, 5.41) is 12.8. The van der Waals surface area contributed by atoms with E-state index >= 15 is 0 Å². The molecule has 58 heavy (non-hydrogen) atoms. The smallest absolute Gasteiger partial charge is 0.505 e. The Bertz CT molecular complexity index is 1820. The number of phosphoric acid groups is 1. The average Bonchev–Trinajstić information content (AvgIpc) is 3.44. The van der Waals surface area contributed by atoms with Crippen molar-refractivity contribution in [1.82, 2.24) is 5.32 Å². The quantitative estimate of drug-likeness (QED) is 0.0312. The second kappa shape index (κ2) is 18.7. The molecule has 0 bridgehead atoms. The first-order chi connectivity index (χ1) is 27.2. The minimum atomic E-state index is -3.90. The van der Waals surface area contributed by atoms with Crippen LogP contribution in [-0.2, 0) is 43.8 Å². The van der Waals surface area contributed by atoms with E-state index in [1.165, 1.54) is 23.3 Å². The predicted molar refractivity (Wildman–Crippen MR) is 217 cm³/mol. The van der Waals surface area contributed by atoms with Gasteiger partial charge in [0.15, 0.2) is 5.75 Å². The molecule has 0 radical (unpaired) electrons. The van der Waals surface area contributed by atoms with E-state index in [4.69, 9.17) is 44.0 Å². The van der Waals surface area contributed by atoms with E-state index in [1.54, 1.807) is 0 Å². The number of aryl methyl sites for hydroxylation is 1. The number of primary amides is 1. The Morgan fingerprint density at radius 2 is 1.64 bits per heavy atom. The SMILES string of the molecule is CC(C)(C)OP(=O)(Oc1ccc2c(c1)CCC1C2CCC2(C)C(OCCC(=O)NCCOCCOCC(=O)Oc3ccc(N)c(O)c3C(N)=O)CCC12)OC(C)(C)C. The number of hydrogen-bond acceptors (Lipinski definition) is 13. The summed E-state index contributed by atoms with van der Waals surface area (Å²) in [5.41, 5.74) is 11.6. The van der Waals surface area contributed by atoms with Crippen LogP contribution in [0.15, 0.2) is 30.3 Å². The predicted octanol–water partition coefficient (Wildman–Crippen LogP) is 6.58. The number of anilines is 1. The van der Waals surface area contributed by atoms with Crippen molar-refractivity contribution in [2.75, 3.05) is 45.3 Å². The molecule has 0 saturated heterocycles. The molecule has 16 heteroatoms. The first-order valence-corrected chi connectivity index (χ1v) is 21.6. The number of hydrogen-bond donors (Lipinski definition) is 4. The molecule has 6 N–H and O–H groups in total. The number of carbonyl (C=O) groups excluding carboxylic acids is 3. The molecule has 0 spiro atoms. The van der Waals surface area contributed by atoms with Crippen molar-refractivity contribution in [2.45, 2.75) is 117 Å². The highest BCUT2D eigenvalue weighted by atomic mass is 31.2. The van der Waals surface area contributed by atoms with Crippen LogP contribution in [-0.4, -0.2) is 79.8 Å². The third-order valence-corrected chi connectivity index (χ3v) is 13.0. The van der Waals surface area contributed by atoms with E-state index in [0.29, 0.717) is 36.7 Å². The molecule has 5 unspecified atom stereocenters. The molecule has 0 heterocycles. The molecule has 5 atom stereocenters. The Hall–Kier alpha value is -3.72. The topological polar surface area (TPSA) is 217 Å². The maximum Gasteiger partial charge on any atom is 0.531 e. The fraction of sp³-hybridized carbons (Fsp3) is 0.643. The Balaban J connectivity index is 0.995. The van der Waals surface area contributed by atoms with Gasteiger partial charge in [-0.1, -0.05) is 13.0 Å². The maximum atomic E-state index is 13.8. The molecule has 2 aromatic carbocycles. The molecular weight excluding hydrogens is 769 g/mol. The molecule has 2 amide bonds. The van der Waals surface area contributed by atoms with Gasteiger partial charge in [-0.05, 0) is 139 Å². The zero-order valence-electron chi connectivity index (χ0n) is 34.9. The van der Waals surface area contributed by atoms with Crippen LogP contribution >= 0.6 is 7.82 Å². The number of phosphoric ester groups is 1. The van der Waals surface area contributed by atoms with Gasteiger partial charge in [0, 0.05) is 13.0 Å². The van der Waals surface area contributed by atoms with Crippen LogP contribution in [0.1, 0.15) is 114 Å². The number of esters is 1. The van der Waals surface area contributed by atoms with Gasteiger partial charge in [0.05, 0.1) is 49.4 Å². The van der Waals surface area contributed by atoms with Gasteiger partial charge in [0.1, 0.15) is 23.7 Å². The monoisotopic (exact) mass is 831 g/mol. The Morgan fingerprint density at radius 3 is 2.33 bits per heavy atom. The first kappa shape index (κ1) is 45.4. The third kappa shape index (κ3) is 11.7. The standard InChI is InChI=1S/C42H62N3O12P/c1-40(2,3)56-58(50,57-41(4,5)6)55-27-9-11-28-26(24-27)8-10-30-29(28)16-18-42(7)31(30)12-15-34(42)53-20-17-35(46)45-19-21-51-22-23-52-25-36(47)54-33-14-13-32(43)38(48)37(33)39(44)49/h9,11,13-14,24,29-31,34,48H,8,10,12,15-23,25,43H2,1-7H3,(H2,44,49)(H,45,46). The number of nitrogens with two attached hydrogens (primary N) is 2. The van der Waals surface area contributed by atoms with E-state index in [9.17, 15) is 24.1 Å². The summed E-state index contributed by atoms with van der Waals surface area (Å²) in [6, 6.07) is 8.60. The summed E-state index contributed by atoms with van der Waals surface area (Å²) >= 11 is 0. The van der Waals surface area contributed by atoms with Gasteiger partial charge in [0.2, 0.25) is 5.91 Å². The lowest BCUT2D eigenvalue weighted by Gasteiger charge is -2.50. The van der Waals surface area contributed by atoms with Crippen LogP contribution in [0, 0.1) is 17.3 Å². The van der Waals surface area contributed by atoms with Gasteiger partial charge >= 0.3 is 13.8 Å².